The summed E-state index contributed by atoms with van der Waals surface area (Å²) in [4.78, 5) is 13.9. The van der Waals surface area contributed by atoms with Gasteiger partial charge in [-0.15, -0.1) is 5.11 Å². The van der Waals surface area contributed by atoms with Gasteiger partial charge >= 0.3 is 16.8 Å². The molecule has 0 aliphatic carbocycles. The summed E-state index contributed by atoms with van der Waals surface area (Å²) in [5, 5.41) is 15.5. The third-order valence-corrected chi connectivity index (χ3v) is 10.9. The van der Waals surface area contributed by atoms with Gasteiger partial charge in [0.15, 0.2) is 23.0 Å². The SMILES string of the molecule is CCCCCCCCCCCCOc1ccc(OS(=O)Nc2ccc(Cl)c(Nc3[nH]n(-c4c(Cl)cc(Cl)cc4Cl)c(=O)c3N=Nc3ccc4c(c3)OCCO4)c2)cc1. The number of aromatic nitrogens is 2. The van der Waals surface area contributed by atoms with Crippen molar-refractivity contribution in [1.29, 1.82) is 0 Å². The van der Waals surface area contributed by atoms with Crippen molar-refractivity contribution in [3.63, 3.8) is 0 Å². The predicted molar refractivity (Wildman–Crippen MR) is 234 cm³/mol. The molecule has 1 unspecified atom stereocenters. The van der Waals surface area contributed by atoms with Crippen molar-refractivity contribution in [2.24, 2.45) is 10.2 Å². The minimum Gasteiger partial charge on any atom is -0.494 e. The fourth-order valence-electron chi connectivity index (χ4n) is 6.11. The molecule has 2 heterocycles. The zero-order valence-electron chi connectivity index (χ0n) is 31.8. The first-order valence-electron chi connectivity index (χ1n) is 19.2. The lowest BCUT2D eigenvalue weighted by molar-refractivity contribution is 0.171. The molecule has 6 rings (SSSR count). The monoisotopic (exact) mass is 888 g/mol. The molecule has 0 saturated heterocycles. The summed E-state index contributed by atoms with van der Waals surface area (Å²) in [7, 11) is 0. The second-order valence-corrected chi connectivity index (χ2v) is 16.0. The van der Waals surface area contributed by atoms with Crippen LogP contribution in [0.1, 0.15) is 71.1 Å². The lowest BCUT2D eigenvalue weighted by Crippen LogP contribution is -2.15. The quantitative estimate of drug-likeness (QED) is 0.0492. The molecular formula is C41H44Cl4N6O6S. The number of hydrogen-bond acceptors (Lipinski definition) is 9. The summed E-state index contributed by atoms with van der Waals surface area (Å²) in [6, 6.07) is 19.7. The maximum atomic E-state index is 13.9. The lowest BCUT2D eigenvalue weighted by Gasteiger charge is -2.17. The molecule has 308 valence electrons. The summed E-state index contributed by atoms with van der Waals surface area (Å²) in [6.45, 7) is 3.71. The summed E-state index contributed by atoms with van der Waals surface area (Å²) in [6.07, 6.45) is 12.6. The van der Waals surface area contributed by atoms with E-state index in [2.05, 4.69) is 32.3 Å². The molecule has 1 atom stereocenters. The number of nitrogens with zero attached hydrogens (tertiary/aromatic N) is 3. The van der Waals surface area contributed by atoms with Gasteiger partial charge in [-0.2, -0.15) is 9.32 Å². The summed E-state index contributed by atoms with van der Waals surface area (Å²) >= 11 is 23.7. The summed E-state index contributed by atoms with van der Waals surface area (Å²) < 4.78 is 39.7. The van der Waals surface area contributed by atoms with E-state index in [1.807, 2.05) is 0 Å². The normalized spacial score (nSPS) is 12.8. The fourth-order valence-corrected chi connectivity index (χ4v) is 7.91. The van der Waals surface area contributed by atoms with Gasteiger partial charge in [-0.05, 0) is 73.2 Å². The van der Waals surface area contributed by atoms with Gasteiger partial charge in [0.25, 0.3) is 0 Å². The van der Waals surface area contributed by atoms with Gasteiger partial charge in [0.1, 0.15) is 30.4 Å². The van der Waals surface area contributed by atoms with Crippen LogP contribution < -0.4 is 34.0 Å². The number of halogens is 4. The number of unbranched alkanes of at least 4 members (excludes halogenated alkanes) is 9. The molecule has 0 fully saturated rings. The van der Waals surface area contributed by atoms with Crippen LogP contribution in [0.2, 0.25) is 20.1 Å². The third-order valence-electron chi connectivity index (χ3n) is 9.05. The molecule has 0 amide bonds. The summed E-state index contributed by atoms with van der Waals surface area (Å²) in [5.74, 6) is 2.28. The van der Waals surface area contributed by atoms with E-state index in [0.717, 1.165) is 17.5 Å². The van der Waals surface area contributed by atoms with Crippen molar-refractivity contribution in [2.75, 3.05) is 29.9 Å². The maximum Gasteiger partial charge on any atom is 0.316 e. The number of ether oxygens (including phenoxy) is 3. The molecule has 1 aromatic heterocycles. The number of anilines is 3. The van der Waals surface area contributed by atoms with Crippen molar-refractivity contribution < 1.29 is 22.6 Å². The molecule has 58 heavy (non-hydrogen) atoms. The van der Waals surface area contributed by atoms with Gasteiger partial charge < -0.3 is 23.7 Å². The Morgan fingerprint density at radius 3 is 2.12 bits per heavy atom. The molecule has 3 N–H and O–H groups in total. The Balaban J connectivity index is 1.09. The molecular weight excluding hydrogens is 846 g/mol. The van der Waals surface area contributed by atoms with Gasteiger partial charge in [-0.3, -0.25) is 14.6 Å². The highest BCUT2D eigenvalue weighted by molar-refractivity contribution is 7.82. The molecule has 1 aliphatic heterocycles. The van der Waals surface area contributed by atoms with E-state index in [1.54, 1.807) is 60.7 Å². The number of H-pyrrole nitrogens is 1. The topological polar surface area (TPSA) is 141 Å². The van der Waals surface area contributed by atoms with E-state index in [4.69, 9.17) is 64.8 Å². The number of benzene rings is 4. The highest BCUT2D eigenvalue weighted by Gasteiger charge is 2.21. The van der Waals surface area contributed by atoms with Crippen LogP contribution in [-0.4, -0.2) is 33.8 Å². The van der Waals surface area contributed by atoms with Crippen molar-refractivity contribution in [1.82, 2.24) is 9.78 Å². The van der Waals surface area contributed by atoms with Crippen LogP contribution in [0.3, 0.4) is 0 Å². The molecule has 5 aromatic rings. The van der Waals surface area contributed by atoms with E-state index in [9.17, 15) is 9.00 Å². The Hall–Kier alpha value is -4.40. The number of aromatic amines is 1. The molecule has 17 heteroatoms. The average molecular weight is 891 g/mol. The number of fused-ring (bicyclic) bond motifs is 1. The first-order chi connectivity index (χ1) is 28.2. The van der Waals surface area contributed by atoms with Gasteiger partial charge in [0.05, 0.1) is 38.7 Å². The molecule has 0 bridgehead atoms. The van der Waals surface area contributed by atoms with Crippen molar-refractivity contribution in [2.45, 2.75) is 71.1 Å². The van der Waals surface area contributed by atoms with Crippen LogP contribution >= 0.6 is 46.4 Å². The smallest absolute Gasteiger partial charge is 0.316 e. The minimum atomic E-state index is -1.98. The number of nitrogens with one attached hydrogen (secondary N) is 3. The average Bonchev–Trinajstić information content (AvgIpc) is 3.50. The van der Waals surface area contributed by atoms with Gasteiger partial charge in [0, 0.05) is 11.1 Å². The fraction of sp³-hybridized carbons (Fsp3) is 0.341. The highest BCUT2D eigenvalue weighted by atomic mass is 35.5. The van der Waals surface area contributed by atoms with Crippen molar-refractivity contribution >= 4 is 86.2 Å². The Labute approximate surface area is 359 Å². The number of rotatable bonds is 21. The van der Waals surface area contributed by atoms with E-state index in [1.165, 1.54) is 63.5 Å². The highest BCUT2D eigenvalue weighted by Crippen LogP contribution is 2.37. The van der Waals surface area contributed by atoms with Crippen LogP contribution in [0.5, 0.6) is 23.0 Å². The van der Waals surface area contributed by atoms with E-state index >= 15 is 0 Å². The maximum absolute atomic E-state index is 13.9. The first-order valence-corrected chi connectivity index (χ1v) is 21.7. The van der Waals surface area contributed by atoms with Gasteiger partial charge in [-0.1, -0.05) is 111 Å². The lowest BCUT2D eigenvalue weighted by atomic mass is 10.1. The van der Waals surface area contributed by atoms with Crippen LogP contribution in [0.15, 0.2) is 87.8 Å². The Kier molecular flexibility index (Phi) is 16.1. The van der Waals surface area contributed by atoms with Crippen LogP contribution in [0.25, 0.3) is 5.69 Å². The number of hydrogen-bond donors (Lipinski definition) is 3. The van der Waals surface area contributed by atoms with E-state index in [-0.39, 0.29) is 37.3 Å². The molecule has 0 spiro atoms. The molecule has 0 radical (unpaired) electrons. The van der Waals surface area contributed by atoms with E-state index in [0.29, 0.717) is 59.9 Å². The molecule has 0 saturated carbocycles. The molecule has 12 nitrogen and oxygen atoms in total. The third kappa shape index (κ3) is 12.1. The van der Waals surface area contributed by atoms with Crippen molar-refractivity contribution in [3.05, 3.63) is 103 Å². The van der Waals surface area contributed by atoms with E-state index < -0.39 is 16.8 Å². The van der Waals surface area contributed by atoms with Crippen LogP contribution in [-0.2, 0) is 11.3 Å². The van der Waals surface area contributed by atoms with Crippen molar-refractivity contribution in [3.8, 4) is 28.7 Å². The first kappa shape index (κ1) is 43.2. The minimum absolute atomic E-state index is 0.0975. The second-order valence-electron chi connectivity index (χ2n) is 13.5. The molecule has 4 aromatic carbocycles. The van der Waals surface area contributed by atoms with Crippen LogP contribution in [0, 0.1) is 0 Å². The largest absolute Gasteiger partial charge is 0.494 e. The predicted octanol–water partition coefficient (Wildman–Crippen LogP) is 13.1. The van der Waals surface area contributed by atoms with Gasteiger partial charge in [-0.25, -0.2) is 4.68 Å². The molecule has 1 aliphatic rings. The van der Waals surface area contributed by atoms with Crippen LogP contribution in [0.4, 0.5) is 28.6 Å². The van der Waals surface area contributed by atoms with Gasteiger partial charge in [0.2, 0.25) is 0 Å². The second kappa shape index (κ2) is 21.6. The Bertz CT molecular complexity index is 2250. The summed E-state index contributed by atoms with van der Waals surface area (Å²) in [5.41, 5.74) is 0.503. The zero-order valence-corrected chi connectivity index (χ0v) is 35.7. The zero-order chi connectivity index (χ0) is 40.9. The Morgan fingerprint density at radius 1 is 0.759 bits per heavy atom. The Morgan fingerprint density at radius 2 is 1.41 bits per heavy atom. The number of azo groups is 1. The standard InChI is InChI=1S/C41H44Cl4N6O6S/c1-2-3-4-5-6-7-8-9-10-11-20-54-30-14-16-31(17-15-30)57-58(53)50-29-12-18-32(43)35(25-29)46-40-38(48-47-28-13-19-36-37(26-28)56-22-21-55-36)41(52)51(49-40)39-33(44)23-27(42)24-34(39)45/h12-19,23-26,46,49-50H,2-11,20-22H2,1H3.